The normalized spacial score (nSPS) is 21.1. The van der Waals surface area contributed by atoms with Crippen LogP contribution < -0.4 is 4.74 Å². The average molecular weight is 259 g/mol. The van der Waals surface area contributed by atoms with E-state index in [1.165, 1.54) is 0 Å². The molecule has 1 atom stereocenters. The molecule has 1 aromatic heterocycles. The van der Waals surface area contributed by atoms with Crippen LogP contribution >= 0.6 is 15.9 Å². The molecule has 14 heavy (non-hydrogen) atoms. The lowest BCUT2D eigenvalue weighted by Gasteiger charge is -2.09. The zero-order valence-corrected chi connectivity index (χ0v) is 9.45. The van der Waals surface area contributed by atoms with E-state index in [9.17, 15) is 0 Å². The van der Waals surface area contributed by atoms with Gasteiger partial charge >= 0.3 is 6.01 Å². The minimum Gasteiger partial charge on any atom is -0.458 e. The van der Waals surface area contributed by atoms with Gasteiger partial charge in [-0.05, 0) is 22.9 Å². The molecule has 1 aliphatic heterocycles. The van der Waals surface area contributed by atoms with E-state index in [0.29, 0.717) is 12.6 Å². The molecule has 1 fully saturated rings. The number of aromatic nitrogens is 2. The number of halogens is 1. The zero-order valence-electron chi connectivity index (χ0n) is 7.86. The molecule has 5 heteroatoms. The van der Waals surface area contributed by atoms with Gasteiger partial charge in [-0.25, -0.2) is 4.98 Å². The van der Waals surface area contributed by atoms with Crippen molar-refractivity contribution in [2.75, 3.05) is 13.2 Å². The molecule has 2 heterocycles. The van der Waals surface area contributed by atoms with Crippen molar-refractivity contribution < 1.29 is 9.47 Å². The molecule has 1 unspecified atom stereocenters. The second-order valence-electron chi connectivity index (χ2n) is 3.19. The third-order valence-corrected chi connectivity index (χ3v) is 2.84. The van der Waals surface area contributed by atoms with Crippen molar-refractivity contribution >= 4 is 15.9 Å². The molecule has 76 valence electrons. The highest BCUT2D eigenvalue weighted by Gasteiger charge is 2.18. The summed E-state index contributed by atoms with van der Waals surface area (Å²) in [6.45, 7) is 3.31. The van der Waals surface area contributed by atoms with E-state index in [2.05, 4.69) is 25.9 Å². The van der Waals surface area contributed by atoms with Crippen LogP contribution in [-0.2, 0) is 4.74 Å². The molecule has 0 N–H and O–H groups in total. The molecule has 0 saturated carbocycles. The summed E-state index contributed by atoms with van der Waals surface area (Å²) in [6.07, 6.45) is 2.72. The summed E-state index contributed by atoms with van der Waals surface area (Å²) >= 11 is 3.34. The quantitative estimate of drug-likeness (QED) is 0.811. The Bertz CT molecular complexity index is 327. The largest absolute Gasteiger partial charge is 0.458 e. The summed E-state index contributed by atoms with van der Waals surface area (Å²) in [7, 11) is 0. The molecule has 2 rings (SSSR count). The Kier molecular flexibility index (Phi) is 2.98. The van der Waals surface area contributed by atoms with Crippen LogP contribution in [0, 0.1) is 6.92 Å². The third kappa shape index (κ3) is 2.22. The molecule has 0 bridgehead atoms. The van der Waals surface area contributed by atoms with Crippen molar-refractivity contribution in [3.8, 4) is 6.01 Å². The monoisotopic (exact) mass is 258 g/mol. The highest BCUT2D eigenvalue weighted by atomic mass is 79.9. The summed E-state index contributed by atoms with van der Waals surface area (Å²) < 4.78 is 11.6. The fourth-order valence-corrected chi connectivity index (χ4v) is 1.43. The number of hydrogen-bond acceptors (Lipinski definition) is 4. The van der Waals surface area contributed by atoms with Gasteiger partial charge in [-0.1, -0.05) is 0 Å². The summed E-state index contributed by atoms with van der Waals surface area (Å²) in [4.78, 5) is 8.27. The summed E-state index contributed by atoms with van der Waals surface area (Å²) in [5.74, 6) is 0. The lowest BCUT2D eigenvalue weighted by atomic mass is 10.3. The number of ether oxygens (including phenoxy) is 2. The molecule has 0 aromatic carbocycles. The summed E-state index contributed by atoms with van der Waals surface area (Å²) in [5, 5.41) is 0. The maximum atomic E-state index is 5.54. The van der Waals surface area contributed by atoms with Gasteiger partial charge in [0.2, 0.25) is 0 Å². The molecule has 1 aromatic rings. The Labute approximate surface area is 90.8 Å². The second kappa shape index (κ2) is 4.23. The molecular weight excluding hydrogens is 248 g/mol. The minimum atomic E-state index is 0.107. The Morgan fingerprint density at radius 3 is 3.14 bits per heavy atom. The van der Waals surface area contributed by atoms with Crippen LogP contribution in [0.5, 0.6) is 6.01 Å². The topological polar surface area (TPSA) is 44.2 Å². The van der Waals surface area contributed by atoms with Gasteiger partial charge in [0.25, 0.3) is 0 Å². The second-order valence-corrected chi connectivity index (χ2v) is 4.04. The van der Waals surface area contributed by atoms with Crippen molar-refractivity contribution in [2.45, 2.75) is 19.4 Å². The van der Waals surface area contributed by atoms with Crippen LogP contribution in [0.25, 0.3) is 0 Å². The SMILES string of the molecule is Cc1nc(OC2CCOC2)ncc1Br. The molecular formula is C9H11BrN2O2. The predicted molar refractivity (Wildman–Crippen MR) is 54.3 cm³/mol. The van der Waals surface area contributed by atoms with Crippen LogP contribution in [-0.4, -0.2) is 29.3 Å². The fraction of sp³-hybridized carbons (Fsp3) is 0.556. The van der Waals surface area contributed by atoms with Gasteiger partial charge in [0, 0.05) is 12.6 Å². The van der Waals surface area contributed by atoms with Crippen molar-refractivity contribution in [3.63, 3.8) is 0 Å². The zero-order chi connectivity index (χ0) is 9.97. The molecule has 0 radical (unpaired) electrons. The summed E-state index contributed by atoms with van der Waals surface area (Å²) in [5.41, 5.74) is 0.883. The van der Waals surface area contributed by atoms with E-state index in [-0.39, 0.29) is 6.10 Å². The Morgan fingerprint density at radius 2 is 2.50 bits per heavy atom. The van der Waals surface area contributed by atoms with Crippen molar-refractivity contribution in [1.29, 1.82) is 0 Å². The average Bonchev–Trinajstić information content (AvgIpc) is 2.64. The Morgan fingerprint density at radius 1 is 1.64 bits per heavy atom. The first-order chi connectivity index (χ1) is 6.75. The van der Waals surface area contributed by atoms with Gasteiger partial charge in [-0.2, -0.15) is 4.98 Å². The molecule has 0 amide bonds. The molecule has 4 nitrogen and oxygen atoms in total. The lowest BCUT2D eigenvalue weighted by Crippen LogP contribution is -2.17. The van der Waals surface area contributed by atoms with Gasteiger partial charge < -0.3 is 9.47 Å². The third-order valence-electron chi connectivity index (χ3n) is 2.06. The van der Waals surface area contributed by atoms with Crippen LogP contribution in [0.4, 0.5) is 0 Å². The van der Waals surface area contributed by atoms with Gasteiger partial charge in [0.15, 0.2) is 0 Å². The van der Waals surface area contributed by atoms with Gasteiger partial charge in [-0.15, -0.1) is 0 Å². The Hall–Kier alpha value is -0.680. The number of rotatable bonds is 2. The van der Waals surface area contributed by atoms with Gasteiger partial charge in [0.05, 0.1) is 23.4 Å². The maximum Gasteiger partial charge on any atom is 0.316 e. The van der Waals surface area contributed by atoms with Gasteiger partial charge in [0.1, 0.15) is 6.10 Å². The van der Waals surface area contributed by atoms with Crippen LogP contribution in [0.3, 0.4) is 0 Å². The number of hydrogen-bond donors (Lipinski definition) is 0. The molecule has 1 aliphatic rings. The van der Waals surface area contributed by atoms with E-state index in [0.717, 1.165) is 23.2 Å². The Balaban J connectivity index is 2.05. The minimum absolute atomic E-state index is 0.107. The molecule has 0 spiro atoms. The number of nitrogens with zero attached hydrogens (tertiary/aromatic N) is 2. The van der Waals surface area contributed by atoms with E-state index in [1.807, 2.05) is 6.92 Å². The van der Waals surface area contributed by atoms with Crippen molar-refractivity contribution in [1.82, 2.24) is 9.97 Å². The highest BCUT2D eigenvalue weighted by Crippen LogP contribution is 2.17. The van der Waals surface area contributed by atoms with E-state index in [4.69, 9.17) is 9.47 Å². The van der Waals surface area contributed by atoms with Crippen molar-refractivity contribution in [2.24, 2.45) is 0 Å². The highest BCUT2D eigenvalue weighted by molar-refractivity contribution is 9.10. The van der Waals surface area contributed by atoms with Crippen molar-refractivity contribution in [3.05, 3.63) is 16.4 Å². The van der Waals surface area contributed by atoms with E-state index >= 15 is 0 Å². The first kappa shape index (κ1) is 9.86. The fourth-order valence-electron chi connectivity index (χ4n) is 1.24. The van der Waals surface area contributed by atoms with Crippen LogP contribution in [0.2, 0.25) is 0 Å². The van der Waals surface area contributed by atoms with Gasteiger partial charge in [-0.3, -0.25) is 0 Å². The molecule has 0 aliphatic carbocycles. The predicted octanol–water partition coefficient (Wildman–Crippen LogP) is 1.72. The first-order valence-corrected chi connectivity index (χ1v) is 5.28. The summed E-state index contributed by atoms with van der Waals surface area (Å²) in [6, 6.07) is 0.432. The maximum absolute atomic E-state index is 5.54. The van der Waals surface area contributed by atoms with Crippen LogP contribution in [0.1, 0.15) is 12.1 Å². The lowest BCUT2D eigenvalue weighted by molar-refractivity contribution is 0.134. The standard InChI is InChI=1S/C9H11BrN2O2/c1-6-8(10)4-11-9(12-6)14-7-2-3-13-5-7/h4,7H,2-3,5H2,1H3. The number of aryl methyl sites for hydroxylation is 1. The van der Waals surface area contributed by atoms with Crippen LogP contribution in [0.15, 0.2) is 10.7 Å². The van der Waals surface area contributed by atoms with E-state index in [1.54, 1.807) is 6.20 Å². The first-order valence-electron chi connectivity index (χ1n) is 4.49. The van der Waals surface area contributed by atoms with E-state index < -0.39 is 0 Å². The molecule has 1 saturated heterocycles. The smallest absolute Gasteiger partial charge is 0.316 e.